The van der Waals surface area contributed by atoms with Crippen LogP contribution in [0, 0.1) is 6.92 Å². The fourth-order valence-electron chi connectivity index (χ4n) is 3.51. The van der Waals surface area contributed by atoms with Crippen molar-refractivity contribution in [3.63, 3.8) is 0 Å². The van der Waals surface area contributed by atoms with Gasteiger partial charge >= 0.3 is 0 Å². The fourth-order valence-corrected chi connectivity index (χ4v) is 4.14. The van der Waals surface area contributed by atoms with Crippen LogP contribution >= 0.6 is 34.8 Å². The fraction of sp³-hybridized carbons (Fsp3) is 0.231. The molecular formula is C26H25Cl3N2O3. The molecule has 3 aromatic carbocycles. The molecular weight excluding hydrogens is 495 g/mol. The molecule has 8 heteroatoms. The van der Waals surface area contributed by atoms with Crippen molar-refractivity contribution in [1.82, 2.24) is 10.2 Å². The number of carbonyl (C=O) groups is 2. The Labute approximate surface area is 214 Å². The highest BCUT2D eigenvalue weighted by molar-refractivity contribution is 6.36. The van der Waals surface area contributed by atoms with Crippen molar-refractivity contribution in [2.75, 3.05) is 13.7 Å². The van der Waals surface area contributed by atoms with E-state index in [1.54, 1.807) is 43.4 Å². The lowest BCUT2D eigenvalue weighted by atomic mass is 10.0. The first-order chi connectivity index (χ1) is 16.3. The van der Waals surface area contributed by atoms with Crippen LogP contribution in [0.25, 0.3) is 0 Å². The highest BCUT2D eigenvalue weighted by Gasteiger charge is 2.31. The van der Waals surface area contributed by atoms with E-state index in [2.05, 4.69) is 5.32 Å². The zero-order valence-electron chi connectivity index (χ0n) is 18.9. The van der Waals surface area contributed by atoms with Crippen molar-refractivity contribution in [2.24, 2.45) is 0 Å². The number of nitrogens with one attached hydrogen (secondary N) is 1. The molecule has 1 N–H and O–H groups in total. The van der Waals surface area contributed by atoms with Gasteiger partial charge in [0.15, 0.2) is 6.61 Å². The summed E-state index contributed by atoms with van der Waals surface area (Å²) in [6.45, 7) is 1.63. The summed E-state index contributed by atoms with van der Waals surface area (Å²) in [4.78, 5) is 27.9. The van der Waals surface area contributed by atoms with Gasteiger partial charge in [0.2, 0.25) is 5.91 Å². The molecule has 0 aromatic heterocycles. The monoisotopic (exact) mass is 518 g/mol. The lowest BCUT2D eigenvalue weighted by molar-refractivity contribution is -0.142. The number of amides is 2. The smallest absolute Gasteiger partial charge is 0.261 e. The number of benzene rings is 3. The minimum absolute atomic E-state index is 0.0469. The van der Waals surface area contributed by atoms with E-state index in [9.17, 15) is 9.59 Å². The first kappa shape index (κ1) is 25.9. The Balaban J connectivity index is 1.92. The number of hydrogen-bond acceptors (Lipinski definition) is 3. The predicted molar refractivity (Wildman–Crippen MR) is 137 cm³/mol. The molecule has 2 amide bonds. The van der Waals surface area contributed by atoms with Gasteiger partial charge in [-0.1, -0.05) is 71.2 Å². The number of ether oxygens (including phenoxy) is 1. The molecule has 34 heavy (non-hydrogen) atoms. The van der Waals surface area contributed by atoms with Gasteiger partial charge in [0.1, 0.15) is 11.8 Å². The van der Waals surface area contributed by atoms with E-state index in [-0.39, 0.29) is 25.0 Å². The number of nitrogens with zero attached hydrogens (tertiary/aromatic N) is 1. The van der Waals surface area contributed by atoms with Gasteiger partial charge in [-0.15, -0.1) is 0 Å². The molecule has 0 radical (unpaired) electrons. The molecule has 3 rings (SSSR count). The van der Waals surface area contributed by atoms with Crippen molar-refractivity contribution in [2.45, 2.75) is 25.9 Å². The van der Waals surface area contributed by atoms with Crippen molar-refractivity contribution in [1.29, 1.82) is 0 Å². The highest BCUT2D eigenvalue weighted by atomic mass is 35.5. The van der Waals surface area contributed by atoms with Gasteiger partial charge in [-0.3, -0.25) is 9.59 Å². The van der Waals surface area contributed by atoms with Gasteiger partial charge in [-0.05, 0) is 48.4 Å². The summed E-state index contributed by atoms with van der Waals surface area (Å²) in [5.41, 5.74) is 2.30. The SMILES string of the molecule is CNC(=O)C(Cc1ccccc1)N(Cc1c(Cl)cccc1Cl)C(=O)COc1ccc(Cl)c(C)c1. The van der Waals surface area contributed by atoms with Crippen molar-refractivity contribution in [3.05, 3.63) is 98.5 Å². The van der Waals surface area contributed by atoms with Crippen LogP contribution in [0.5, 0.6) is 5.75 Å². The van der Waals surface area contributed by atoms with Crippen LogP contribution in [-0.2, 0) is 22.6 Å². The summed E-state index contributed by atoms with van der Waals surface area (Å²) in [6.07, 6.45) is 0.314. The molecule has 1 unspecified atom stereocenters. The number of carbonyl (C=O) groups excluding carboxylic acids is 2. The van der Waals surface area contributed by atoms with Gasteiger partial charge in [0.05, 0.1) is 0 Å². The lowest BCUT2D eigenvalue weighted by Crippen LogP contribution is -2.51. The van der Waals surface area contributed by atoms with Gasteiger partial charge in [-0.25, -0.2) is 0 Å². The molecule has 1 atom stereocenters. The number of hydrogen-bond donors (Lipinski definition) is 1. The van der Waals surface area contributed by atoms with E-state index < -0.39 is 6.04 Å². The average molecular weight is 520 g/mol. The van der Waals surface area contributed by atoms with Crippen LogP contribution in [0.15, 0.2) is 66.7 Å². The maximum atomic E-state index is 13.5. The van der Waals surface area contributed by atoms with Crippen LogP contribution in [0.3, 0.4) is 0 Å². The molecule has 5 nitrogen and oxygen atoms in total. The second-order valence-corrected chi connectivity index (χ2v) is 8.96. The standard InChI is InChI=1S/C26H25Cl3N2O3/c1-17-13-19(11-12-21(17)27)34-16-25(32)31(15-20-22(28)9-6-10-23(20)29)24(26(33)30-2)14-18-7-4-3-5-8-18/h3-13,24H,14-16H2,1-2H3,(H,30,33). The third-order valence-corrected chi connectivity index (χ3v) is 6.53. The second-order valence-electron chi connectivity index (χ2n) is 7.74. The molecule has 178 valence electrons. The maximum Gasteiger partial charge on any atom is 0.261 e. The number of aryl methyl sites for hydroxylation is 1. The van der Waals surface area contributed by atoms with E-state index in [0.29, 0.717) is 32.8 Å². The Morgan fingerprint density at radius 3 is 2.24 bits per heavy atom. The Morgan fingerprint density at radius 1 is 0.941 bits per heavy atom. The van der Waals surface area contributed by atoms with Crippen LogP contribution in [0.1, 0.15) is 16.7 Å². The van der Waals surface area contributed by atoms with Crippen LogP contribution in [0.2, 0.25) is 15.1 Å². The van der Waals surface area contributed by atoms with E-state index in [1.807, 2.05) is 37.3 Å². The highest BCUT2D eigenvalue weighted by Crippen LogP contribution is 2.27. The number of halogens is 3. The summed E-state index contributed by atoms with van der Waals surface area (Å²) >= 11 is 18.9. The molecule has 0 saturated carbocycles. The van der Waals surface area contributed by atoms with Crippen molar-refractivity contribution in [3.8, 4) is 5.75 Å². The Morgan fingerprint density at radius 2 is 1.62 bits per heavy atom. The molecule has 0 bridgehead atoms. The molecule has 0 spiro atoms. The summed E-state index contributed by atoms with van der Waals surface area (Å²) < 4.78 is 5.75. The van der Waals surface area contributed by atoms with Crippen LogP contribution < -0.4 is 10.1 Å². The topological polar surface area (TPSA) is 58.6 Å². The van der Waals surface area contributed by atoms with Gasteiger partial charge in [0.25, 0.3) is 5.91 Å². The van der Waals surface area contributed by atoms with Crippen molar-refractivity contribution >= 4 is 46.6 Å². The summed E-state index contributed by atoms with van der Waals surface area (Å²) in [5, 5.41) is 4.10. The van der Waals surface area contributed by atoms with Crippen LogP contribution in [-0.4, -0.2) is 36.4 Å². The Kier molecular flexibility index (Phi) is 9.22. The normalized spacial score (nSPS) is 11.6. The molecule has 0 saturated heterocycles. The first-order valence-corrected chi connectivity index (χ1v) is 11.8. The van der Waals surface area contributed by atoms with Crippen LogP contribution in [0.4, 0.5) is 0 Å². The minimum atomic E-state index is -0.803. The molecule has 0 aliphatic carbocycles. The van der Waals surface area contributed by atoms with E-state index in [1.165, 1.54) is 4.90 Å². The molecule has 0 fully saturated rings. The first-order valence-electron chi connectivity index (χ1n) is 10.7. The zero-order valence-corrected chi connectivity index (χ0v) is 21.1. The van der Waals surface area contributed by atoms with Crippen molar-refractivity contribution < 1.29 is 14.3 Å². The van der Waals surface area contributed by atoms with Gasteiger partial charge < -0.3 is 15.0 Å². The predicted octanol–water partition coefficient (Wildman–Crippen LogP) is 5.72. The third kappa shape index (κ3) is 6.66. The maximum absolute atomic E-state index is 13.5. The Hall–Kier alpha value is -2.73. The Bertz CT molecular complexity index is 1140. The minimum Gasteiger partial charge on any atom is -0.484 e. The number of likely N-dealkylation sites (N-methyl/N-ethyl adjacent to an activating group) is 1. The molecule has 0 aliphatic rings. The third-order valence-electron chi connectivity index (χ3n) is 5.40. The zero-order chi connectivity index (χ0) is 24.7. The average Bonchev–Trinajstić information content (AvgIpc) is 2.83. The second kappa shape index (κ2) is 12.1. The quantitative estimate of drug-likeness (QED) is 0.393. The molecule has 0 heterocycles. The molecule has 0 aliphatic heterocycles. The number of rotatable bonds is 9. The van der Waals surface area contributed by atoms with E-state index in [0.717, 1.165) is 11.1 Å². The van der Waals surface area contributed by atoms with Gasteiger partial charge in [0, 0.05) is 40.6 Å². The largest absolute Gasteiger partial charge is 0.484 e. The van der Waals surface area contributed by atoms with E-state index >= 15 is 0 Å². The lowest BCUT2D eigenvalue weighted by Gasteiger charge is -2.31. The summed E-state index contributed by atoms with van der Waals surface area (Å²) in [6, 6.07) is 19.0. The van der Waals surface area contributed by atoms with Gasteiger partial charge in [-0.2, -0.15) is 0 Å². The summed E-state index contributed by atoms with van der Waals surface area (Å²) in [5.74, 6) is -0.179. The molecule has 3 aromatic rings. The van der Waals surface area contributed by atoms with E-state index in [4.69, 9.17) is 39.5 Å². The summed E-state index contributed by atoms with van der Waals surface area (Å²) in [7, 11) is 1.54.